The van der Waals surface area contributed by atoms with Crippen molar-refractivity contribution in [1.29, 1.82) is 0 Å². The largest absolute Gasteiger partial charge is 0.476 e. The zero-order chi connectivity index (χ0) is 14.7. The molecule has 0 aliphatic rings. The summed E-state index contributed by atoms with van der Waals surface area (Å²) < 4.78 is 6.46. The number of hydrogen-bond acceptors (Lipinski definition) is 7. The molecule has 0 spiro atoms. The fraction of sp³-hybridized carbons (Fsp3) is 0.545. The van der Waals surface area contributed by atoms with Crippen LogP contribution in [-0.2, 0) is 19.5 Å². The van der Waals surface area contributed by atoms with Crippen molar-refractivity contribution in [2.24, 2.45) is 11.7 Å². The van der Waals surface area contributed by atoms with Crippen molar-refractivity contribution in [3.8, 4) is 0 Å². The molecule has 108 valence electrons. The zero-order valence-corrected chi connectivity index (χ0v) is 11.3. The van der Waals surface area contributed by atoms with Gasteiger partial charge in [0, 0.05) is 13.0 Å². The number of aromatic carboxylic acids is 1. The van der Waals surface area contributed by atoms with Gasteiger partial charge in [-0.25, -0.2) is 9.48 Å². The first kappa shape index (κ1) is 14.1. The van der Waals surface area contributed by atoms with Crippen LogP contribution in [0.15, 0.2) is 4.52 Å². The van der Waals surface area contributed by atoms with Crippen LogP contribution in [0.25, 0.3) is 0 Å². The maximum atomic E-state index is 10.9. The predicted octanol–water partition coefficient (Wildman–Crippen LogP) is 0.0648. The molecule has 9 nitrogen and oxygen atoms in total. The fourth-order valence-electron chi connectivity index (χ4n) is 1.76. The van der Waals surface area contributed by atoms with Crippen LogP contribution in [0.5, 0.6) is 0 Å². The second-order valence-corrected chi connectivity index (χ2v) is 4.75. The van der Waals surface area contributed by atoms with E-state index in [-0.39, 0.29) is 18.8 Å². The molecule has 2 aromatic heterocycles. The molecule has 0 saturated heterocycles. The highest BCUT2D eigenvalue weighted by molar-refractivity contribution is 5.86. The van der Waals surface area contributed by atoms with Crippen molar-refractivity contribution < 1.29 is 14.4 Å². The minimum Gasteiger partial charge on any atom is -0.476 e. The Hall–Kier alpha value is -2.29. The number of carbonyl (C=O) groups is 1. The minimum absolute atomic E-state index is 0.0155. The normalized spacial score (nSPS) is 11.2. The summed E-state index contributed by atoms with van der Waals surface area (Å²) in [5.74, 6) is 0.216. The summed E-state index contributed by atoms with van der Waals surface area (Å²) in [6, 6.07) is 0. The molecule has 0 unspecified atom stereocenters. The lowest BCUT2D eigenvalue weighted by Crippen LogP contribution is -2.13. The summed E-state index contributed by atoms with van der Waals surface area (Å²) >= 11 is 0. The molecular weight excluding hydrogens is 264 g/mol. The van der Waals surface area contributed by atoms with Crippen LogP contribution in [0, 0.1) is 5.92 Å². The third kappa shape index (κ3) is 2.99. The SMILES string of the molecule is CC(C)Cc1noc(Cn2nnc(C(=O)O)c2CN)n1. The van der Waals surface area contributed by atoms with E-state index in [4.69, 9.17) is 15.4 Å². The highest BCUT2D eigenvalue weighted by Gasteiger charge is 2.19. The van der Waals surface area contributed by atoms with Gasteiger partial charge in [0.2, 0.25) is 5.89 Å². The molecule has 0 radical (unpaired) electrons. The van der Waals surface area contributed by atoms with E-state index in [1.807, 2.05) is 0 Å². The Labute approximate surface area is 114 Å². The molecule has 0 bridgehead atoms. The van der Waals surface area contributed by atoms with E-state index in [0.717, 1.165) is 0 Å². The molecule has 0 aromatic carbocycles. The molecule has 0 amide bonds. The van der Waals surface area contributed by atoms with Crippen molar-refractivity contribution in [3.05, 3.63) is 23.1 Å². The number of rotatable bonds is 6. The van der Waals surface area contributed by atoms with Gasteiger partial charge in [0.15, 0.2) is 11.5 Å². The van der Waals surface area contributed by atoms with Crippen LogP contribution in [0.4, 0.5) is 0 Å². The van der Waals surface area contributed by atoms with Crippen LogP contribution in [0.1, 0.15) is 41.7 Å². The third-order valence-electron chi connectivity index (χ3n) is 2.62. The van der Waals surface area contributed by atoms with Crippen molar-refractivity contribution in [2.45, 2.75) is 33.4 Å². The lowest BCUT2D eigenvalue weighted by atomic mass is 10.1. The summed E-state index contributed by atoms with van der Waals surface area (Å²) in [5.41, 5.74) is 5.69. The molecule has 20 heavy (non-hydrogen) atoms. The Bertz CT molecular complexity index is 603. The molecule has 0 aliphatic heterocycles. The Balaban J connectivity index is 2.17. The van der Waals surface area contributed by atoms with E-state index in [0.29, 0.717) is 29.7 Å². The van der Waals surface area contributed by atoms with Crippen LogP contribution in [-0.4, -0.2) is 36.2 Å². The van der Waals surface area contributed by atoms with E-state index in [1.54, 1.807) is 0 Å². The van der Waals surface area contributed by atoms with Gasteiger partial charge >= 0.3 is 5.97 Å². The quantitative estimate of drug-likeness (QED) is 0.759. The van der Waals surface area contributed by atoms with Gasteiger partial charge in [-0.3, -0.25) is 0 Å². The van der Waals surface area contributed by atoms with E-state index < -0.39 is 5.97 Å². The van der Waals surface area contributed by atoms with Gasteiger partial charge in [0.05, 0.1) is 5.69 Å². The average molecular weight is 280 g/mol. The van der Waals surface area contributed by atoms with Gasteiger partial charge in [-0.2, -0.15) is 4.98 Å². The van der Waals surface area contributed by atoms with Crippen molar-refractivity contribution in [1.82, 2.24) is 25.1 Å². The summed E-state index contributed by atoms with van der Waals surface area (Å²) in [5, 5.41) is 20.1. The molecule has 2 aromatic rings. The Morgan fingerprint density at radius 2 is 2.25 bits per heavy atom. The van der Waals surface area contributed by atoms with E-state index in [1.165, 1.54) is 4.68 Å². The maximum absolute atomic E-state index is 10.9. The lowest BCUT2D eigenvalue weighted by molar-refractivity contribution is 0.0689. The lowest BCUT2D eigenvalue weighted by Gasteiger charge is -2.01. The number of nitrogens with two attached hydrogens (primary N) is 1. The first-order chi connectivity index (χ1) is 9.51. The Morgan fingerprint density at radius 1 is 1.50 bits per heavy atom. The van der Waals surface area contributed by atoms with Crippen LogP contribution in [0.2, 0.25) is 0 Å². The van der Waals surface area contributed by atoms with Gasteiger partial charge in [0.1, 0.15) is 6.54 Å². The van der Waals surface area contributed by atoms with Crippen LogP contribution >= 0.6 is 0 Å². The number of carboxylic acids is 1. The monoisotopic (exact) mass is 280 g/mol. The van der Waals surface area contributed by atoms with Gasteiger partial charge in [-0.1, -0.05) is 24.2 Å². The standard InChI is InChI=1S/C11H16N6O3/c1-6(2)3-8-13-9(20-15-8)5-17-7(4-12)10(11(18)19)14-16-17/h6H,3-5,12H2,1-2H3,(H,18,19). The molecular formula is C11H16N6O3. The third-order valence-corrected chi connectivity index (χ3v) is 2.62. The number of aromatic nitrogens is 5. The van der Waals surface area contributed by atoms with E-state index in [9.17, 15) is 4.79 Å². The second kappa shape index (κ2) is 5.78. The molecule has 0 saturated carbocycles. The van der Waals surface area contributed by atoms with Crippen molar-refractivity contribution >= 4 is 5.97 Å². The van der Waals surface area contributed by atoms with E-state index in [2.05, 4.69) is 34.3 Å². The highest BCUT2D eigenvalue weighted by Crippen LogP contribution is 2.09. The topological polar surface area (TPSA) is 133 Å². The summed E-state index contributed by atoms with van der Waals surface area (Å²) in [4.78, 5) is 15.2. The van der Waals surface area contributed by atoms with Gasteiger partial charge in [-0.15, -0.1) is 5.10 Å². The number of hydrogen-bond donors (Lipinski definition) is 2. The van der Waals surface area contributed by atoms with Crippen molar-refractivity contribution in [2.75, 3.05) is 0 Å². The highest BCUT2D eigenvalue weighted by atomic mass is 16.5. The summed E-state index contributed by atoms with van der Waals surface area (Å²) in [6.45, 7) is 4.28. The van der Waals surface area contributed by atoms with Crippen LogP contribution in [0.3, 0.4) is 0 Å². The average Bonchev–Trinajstić information content (AvgIpc) is 2.95. The minimum atomic E-state index is -1.16. The van der Waals surface area contributed by atoms with Gasteiger partial charge in [0.25, 0.3) is 0 Å². The Morgan fingerprint density at radius 3 is 2.85 bits per heavy atom. The predicted molar refractivity (Wildman–Crippen MR) is 66.8 cm³/mol. The van der Waals surface area contributed by atoms with Crippen LogP contribution < -0.4 is 5.73 Å². The van der Waals surface area contributed by atoms with Gasteiger partial charge < -0.3 is 15.4 Å². The zero-order valence-electron chi connectivity index (χ0n) is 11.3. The Kier molecular flexibility index (Phi) is 4.08. The maximum Gasteiger partial charge on any atom is 0.358 e. The molecule has 0 atom stereocenters. The number of carboxylic acid groups (broad SMARTS) is 1. The van der Waals surface area contributed by atoms with Crippen molar-refractivity contribution in [3.63, 3.8) is 0 Å². The smallest absolute Gasteiger partial charge is 0.358 e. The summed E-state index contributed by atoms with van der Waals surface area (Å²) in [7, 11) is 0. The molecule has 0 fully saturated rings. The fourth-order valence-corrected chi connectivity index (χ4v) is 1.76. The molecule has 0 aliphatic carbocycles. The summed E-state index contributed by atoms with van der Waals surface area (Å²) in [6.07, 6.45) is 0.713. The number of nitrogens with zero attached hydrogens (tertiary/aromatic N) is 5. The first-order valence-corrected chi connectivity index (χ1v) is 6.18. The molecule has 3 N–H and O–H groups in total. The van der Waals surface area contributed by atoms with E-state index >= 15 is 0 Å². The first-order valence-electron chi connectivity index (χ1n) is 6.18. The molecule has 9 heteroatoms. The second-order valence-electron chi connectivity index (χ2n) is 4.75. The molecule has 2 rings (SSSR count). The molecule has 2 heterocycles. The van der Waals surface area contributed by atoms with Gasteiger partial charge in [-0.05, 0) is 5.92 Å².